The van der Waals surface area contributed by atoms with E-state index in [1.165, 1.54) is 0 Å². The summed E-state index contributed by atoms with van der Waals surface area (Å²) in [6, 6.07) is 0. The Bertz CT molecular complexity index is 754. The summed E-state index contributed by atoms with van der Waals surface area (Å²) in [5.41, 5.74) is 2.09. The van der Waals surface area contributed by atoms with E-state index in [0.717, 1.165) is 30.6 Å². The number of nitrogens with zero attached hydrogens (tertiary/aromatic N) is 3. The lowest BCUT2D eigenvalue weighted by molar-refractivity contribution is 0.0942. The summed E-state index contributed by atoms with van der Waals surface area (Å²) in [4.78, 5) is 12.3. The molecule has 130 valence electrons. The van der Waals surface area contributed by atoms with Crippen LogP contribution in [0.4, 0.5) is 0 Å². The Morgan fingerprint density at radius 3 is 2.96 bits per heavy atom. The summed E-state index contributed by atoms with van der Waals surface area (Å²) in [6.07, 6.45) is 3.48. The summed E-state index contributed by atoms with van der Waals surface area (Å²) in [7, 11) is 0. The van der Waals surface area contributed by atoms with Gasteiger partial charge in [0, 0.05) is 25.1 Å². The average molecular weight is 371 g/mol. The maximum atomic E-state index is 12.3. The Morgan fingerprint density at radius 2 is 2.25 bits per heavy atom. The van der Waals surface area contributed by atoms with Crippen molar-refractivity contribution in [2.24, 2.45) is 5.92 Å². The predicted octanol–water partition coefficient (Wildman–Crippen LogP) is 3.43. The molecular formula is C16H20Cl2N4O2. The van der Waals surface area contributed by atoms with Crippen molar-refractivity contribution in [1.82, 2.24) is 20.3 Å². The Kier molecular flexibility index (Phi) is 5.15. The van der Waals surface area contributed by atoms with Gasteiger partial charge in [0.2, 0.25) is 0 Å². The molecule has 1 amide bonds. The van der Waals surface area contributed by atoms with Gasteiger partial charge in [0.15, 0.2) is 5.69 Å². The summed E-state index contributed by atoms with van der Waals surface area (Å²) in [5.74, 6) is 1.22. The molecule has 1 aliphatic carbocycles. The third-order valence-electron chi connectivity index (χ3n) is 4.33. The highest BCUT2D eigenvalue weighted by molar-refractivity contribution is 6.41. The molecule has 0 radical (unpaired) electrons. The average Bonchev–Trinajstić information content (AvgIpc) is 3.08. The lowest BCUT2D eigenvalue weighted by atomic mass is 9.88. The van der Waals surface area contributed by atoms with Crippen LogP contribution < -0.4 is 5.32 Å². The van der Waals surface area contributed by atoms with Gasteiger partial charge in [-0.05, 0) is 32.1 Å². The molecule has 1 N–H and O–H groups in total. The molecular weight excluding hydrogens is 351 g/mol. The minimum absolute atomic E-state index is 0.185. The highest BCUT2D eigenvalue weighted by Crippen LogP contribution is 2.28. The van der Waals surface area contributed by atoms with Gasteiger partial charge < -0.3 is 9.84 Å². The maximum absolute atomic E-state index is 12.3. The zero-order valence-electron chi connectivity index (χ0n) is 13.7. The zero-order chi connectivity index (χ0) is 17.3. The summed E-state index contributed by atoms with van der Waals surface area (Å²) < 4.78 is 6.95. The van der Waals surface area contributed by atoms with Gasteiger partial charge in [-0.1, -0.05) is 35.3 Å². The van der Waals surface area contributed by atoms with Crippen molar-refractivity contribution < 1.29 is 9.32 Å². The van der Waals surface area contributed by atoms with Gasteiger partial charge in [0.25, 0.3) is 5.91 Å². The zero-order valence-corrected chi connectivity index (χ0v) is 15.2. The number of amides is 1. The quantitative estimate of drug-likeness (QED) is 0.818. The Hall–Kier alpha value is -1.53. The summed E-state index contributed by atoms with van der Waals surface area (Å²) in [5, 5.41) is 12.0. The van der Waals surface area contributed by atoms with Gasteiger partial charge >= 0.3 is 0 Å². The van der Waals surface area contributed by atoms with E-state index in [-0.39, 0.29) is 5.91 Å². The smallest absolute Gasteiger partial charge is 0.273 e. The minimum Gasteiger partial charge on any atom is -0.360 e. The van der Waals surface area contributed by atoms with Gasteiger partial charge in [-0.3, -0.25) is 9.48 Å². The topological polar surface area (TPSA) is 73.0 Å². The largest absolute Gasteiger partial charge is 0.360 e. The van der Waals surface area contributed by atoms with Gasteiger partial charge in [-0.25, -0.2) is 0 Å². The monoisotopic (exact) mass is 370 g/mol. The first kappa shape index (κ1) is 17.3. The first-order valence-electron chi connectivity index (χ1n) is 8.11. The van der Waals surface area contributed by atoms with E-state index in [1.807, 2.05) is 0 Å². The lowest BCUT2D eigenvalue weighted by Gasteiger charge is -2.16. The number of hydrogen-bond donors (Lipinski definition) is 1. The van der Waals surface area contributed by atoms with Crippen molar-refractivity contribution in [3.63, 3.8) is 0 Å². The van der Waals surface area contributed by atoms with Gasteiger partial charge in [0.05, 0.1) is 5.69 Å². The van der Waals surface area contributed by atoms with Crippen molar-refractivity contribution in [3.05, 3.63) is 32.9 Å². The van der Waals surface area contributed by atoms with Crippen LogP contribution in [0.5, 0.6) is 0 Å². The molecule has 2 aromatic heterocycles. The van der Waals surface area contributed by atoms with Crippen LogP contribution in [0.15, 0.2) is 4.52 Å². The molecule has 8 heteroatoms. The standard InChI is InChI=1S/C16H20Cl2N4O2/c1-9-4-5-12-11(8-9)14(21-24-12)16(23)19-6-3-7-22-15(18)13(17)10(2)20-22/h9H,3-8H2,1-2H3,(H,19,23). The van der Waals surface area contributed by atoms with Gasteiger partial charge in [0.1, 0.15) is 15.9 Å². The van der Waals surface area contributed by atoms with E-state index in [4.69, 9.17) is 27.7 Å². The first-order chi connectivity index (χ1) is 11.5. The number of hydrogen-bond acceptors (Lipinski definition) is 4. The van der Waals surface area contributed by atoms with E-state index < -0.39 is 0 Å². The highest BCUT2D eigenvalue weighted by atomic mass is 35.5. The van der Waals surface area contributed by atoms with Crippen LogP contribution in [-0.4, -0.2) is 27.4 Å². The number of carbonyl (C=O) groups is 1. The molecule has 1 aliphatic rings. The van der Waals surface area contributed by atoms with Crippen LogP contribution in [0.2, 0.25) is 10.2 Å². The molecule has 0 aliphatic heterocycles. The molecule has 2 heterocycles. The van der Waals surface area contributed by atoms with Crippen molar-refractivity contribution >= 4 is 29.1 Å². The normalized spacial score (nSPS) is 16.9. The van der Waals surface area contributed by atoms with E-state index in [1.54, 1.807) is 11.6 Å². The molecule has 24 heavy (non-hydrogen) atoms. The van der Waals surface area contributed by atoms with Crippen molar-refractivity contribution in [2.45, 2.75) is 46.1 Å². The van der Waals surface area contributed by atoms with Crippen LogP contribution >= 0.6 is 23.2 Å². The molecule has 0 aromatic carbocycles. The Morgan fingerprint density at radius 1 is 1.46 bits per heavy atom. The number of fused-ring (bicyclic) bond motifs is 1. The molecule has 1 unspecified atom stereocenters. The number of aryl methyl sites for hydroxylation is 3. The third kappa shape index (κ3) is 3.44. The summed E-state index contributed by atoms with van der Waals surface area (Å²) in [6.45, 7) is 5.07. The minimum atomic E-state index is -0.185. The van der Waals surface area contributed by atoms with Gasteiger partial charge in [-0.15, -0.1) is 0 Å². The van der Waals surface area contributed by atoms with Crippen molar-refractivity contribution in [2.75, 3.05) is 6.54 Å². The van der Waals surface area contributed by atoms with E-state index in [9.17, 15) is 4.79 Å². The number of halogens is 2. The van der Waals surface area contributed by atoms with E-state index in [2.05, 4.69) is 22.5 Å². The van der Waals surface area contributed by atoms with Crippen molar-refractivity contribution in [3.8, 4) is 0 Å². The molecule has 0 saturated carbocycles. The van der Waals surface area contributed by atoms with Gasteiger partial charge in [-0.2, -0.15) is 5.10 Å². The molecule has 0 saturated heterocycles. The van der Waals surface area contributed by atoms with E-state index >= 15 is 0 Å². The molecule has 0 spiro atoms. The molecule has 6 nitrogen and oxygen atoms in total. The lowest BCUT2D eigenvalue weighted by Crippen LogP contribution is -2.27. The second-order valence-electron chi connectivity index (χ2n) is 6.30. The second-order valence-corrected chi connectivity index (χ2v) is 7.04. The van der Waals surface area contributed by atoms with Crippen LogP contribution in [0.1, 0.15) is 47.3 Å². The molecule has 0 bridgehead atoms. The fourth-order valence-corrected chi connectivity index (χ4v) is 3.35. The Labute approximate surface area is 150 Å². The number of aromatic nitrogens is 3. The molecule has 3 rings (SSSR count). The molecule has 0 fully saturated rings. The first-order valence-corrected chi connectivity index (χ1v) is 8.87. The fourth-order valence-electron chi connectivity index (χ4n) is 2.95. The number of carbonyl (C=O) groups excluding carboxylic acids is 1. The molecule has 2 aromatic rings. The highest BCUT2D eigenvalue weighted by Gasteiger charge is 2.26. The maximum Gasteiger partial charge on any atom is 0.273 e. The van der Waals surface area contributed by atoms with Crippen LogP contribution in [0, 0.1) is 12.8 Å². The fraction of sp³-hybridized carbons (Fsp3) is 0.562. The number of nitrogens with one attached hydrogen (secondary N) is 1. The number of rotatable bonds is 5. The Balaban J connectivity index is 1.53. The SMILES string of the molecule is Cc1nn(CCCNC(=O)c2noc3c2CC(C)CC3)c(Cl)c1Cl. The van der Waals surface area contributed by atoms with Crippen molar-refractivity contribution in [1.29, 1.82) is 0 Å². The van der Waals surface area contributed by atoms with Crippen LogP contribution in [-0.2, 0) is 19.4 Å². The van der Waals surface area contributed by atoms with E-state index in [0.29, 0.717) is 47.0 Å². The summed E-state index contributed by atoms with van der Waals surface area (Å²) >= 11 is 12.1. The van der Waals surface area contributed by atoms with Crippen LogP contribution in [0.25, 0.3) is 0 Å². The molecule has 1 atom stereocenters. The third-order valence-corrected chi connectivity index (χ3v) is 5.26. The van der Waals surface area contributed by atoms with Crippen LogP contribution in [0.3, 0.4) is 0 Å². The predicted molar refractivity (Wildman–Crippen MR) is 91.6 cm³/mol. The second kappa shape index (κ2) is 7.15.